The van der Waals surface area contributed by atoms with Crippen LogP contribution >= 0.6 is 12.6 Å². The van der Waals surface area contributed by atoms with Crippen LogP contribution in [-0.4, -0.2) is 24.4 Å². The Labute approximate surface area is 75.4 Å². The number of carbonyl (C=O) groups excluding carboxylic acids is 1. The van der Waals surface area contributed by atoms with Crippen LogP contribution < -0.4 is 0 Å². The topological polar surface area (TPSA) is 75.1 Å². The molecule has 1 atom stereocenters. The lowest BCUT2D eigenvalue weighted by atomic mass is 10.4. The van der Waals surface area contributed by atoms with E-state index in [0.717, 1.165) is 0 Å². The number of hydrogen-bond donors (Lipinski definition) is 1. The van der Waals surface area contributed by atoms with E-state index in [1.54, 1.807) is 0 Å². The van der Waals surface area contributed by atoms with Gasteiger partial charge in [0.15, 0.2) is 0 Å². The van der Waals surface area contributed by atoms with E-state index >= 15 is 0 Å². The van der Waals surface area contributed by atoms with Crippen LogP contribution in [-0.2, 0) is 9.53 Å². The first-order chi connectivity index (χ1) is 5.76. The lowest BCUT2D eigenvalue weighted by molar-refractivity contribution is -0.143. The van der Waals surface area contributed by atoms with E-state index in [0.29, 0.717) is 0 Å². The molecule has 0 fully saturated rings. The van der Waals surface area contributed by atoms with Crippen LogP contribution in [0.5, 0.6) is 0 Å². The van der Waals surface area contributed by atoms with Crippen molar-refractivity contribution < 1.29 is 9.53 Å². The smallest absolute Gasteiger partial charge is 0.316 e. The third-order valence-corrected chi connectivity index (χ3v) is 1.33. The third kappa shape index (κ3) is 3.90. The summed E-state index contributed by atoms with van der Waals surface area (Å²) in [5, 5.41) is 3.19. The number of carbonyl (C=O) groups is 1. The molecule has 0 aromatic rings. The number of nitrogens with zero attached hydrogens (tertiary/aromatic N) is 3. The first-order valence-electron chi connectivity index (χ1n) is 3.18. The number of rotatable bonds is 5. The van der Waals surface area contributed by atoms with Crippen molar-refractivity contribution in [1.82, 2.24) is 0 Å². The van der Waals surface area contributed by atoms with Gasteiger partial charge in [0, 0.05) is 10.7 Å². The van der Waals surface area contributed by atoms with Crippen molar-refractivity contribution in [3.63, 3.8) is 0 Å². The van der Waals surface area contributed by atoms with Gasteiger partial charge in [-0.25, -0.2) is 0 Å². The summed E-state index contributed by atoms with van der Waals surface area (Å²) >= 11 is 3.82. The first-order valence-corrected chi connectivity index (χ1v) is 3.82. The fourth-order valence-corrected chi connectivity index (χ4v) is 0.680. The predicted molar refractivity (Wildman–Crippen MR) is 47.9 cm³/mol. The monoisotopic (exact) mass is 187 g/mol. The number of azide groups is 1. The minimum atomic E-state index is -0.849. The summed E-state index contributed by atoms with van der Waals surface area (Å²) in [6.07, 6.45) is 1.43. The van der Waals surface area contributed by atoms with Gasteiger partial charge in [0.2, 0.25) is 0 Å². The molecule has 0 heterocycles. The maximum atomic E-state index is 10.9. The van der Waals surface area contributed by atoms with Crippen LogP contribution in [0, 0.1) is 0 Å². The maximum Gasteiger partial charge on any atom is 0.316 e. The lowest BCUT2D eigenvalue weighted by Crippen LogP contribution is -2.22. The molecule has 0 spiro atoms. The largest absolute Gasteiger partial charge is 0.461 e. The fraction of sp³-hybridized carbons (Fsp3) is 0.500. The van der Waals surface area contributed by atoms with E-state index < -0.39 is 12.0 Å². The average Bonchev–Trinajstić information content (AvgIpc) is 2.10. The van der Waals surface area contributed by atoms with Gasteiger partial charge in [-0.3, -0.25) is 4.79 Å². The van der Waals surface area contributed by atoms with Crippen LogP contribution in [0.25, 0.3) is 10.4 Å². The first kappa shape index (κ1) is 10.9. The highest BCUT2D eigenvalue weighted by Gasteiger charge is 2.15. The second kappa shape index (κ2) is 6.57. The Morgan fingerprint density at radius 1 is 1.92 bits per heavy atom. The van der Waals surface area contributed by atoms with E-state index in [4.69, 9.17) is 5.53 Å². The number of ether oxygens (including phenoxy) is 1. The van der Waals surface area contributed by atoms with Gasteiger partial charge >= 0.3 is 5.97 Å². The van der Waals surface area contributed by atoms with Crippen LogP contribution in [0.1, 0.15) is 0 Å². The molecule has 0 amide bonds. The highest BCUT2D eigenvalue weighted by molar-refractivity contribution is 7.80. The molecule has 5 nitrogen and oxygen atoms in total. The van der Waals surface area contributed by atoms with Gasteiger partial charge in [-0.05, 0) is 5.53 Å². The highest BCUT2D eigenvalue weighted by Crippen LogP contribution is 1.98. The van der Waals surface area contributed by atoms with Crippen molar-refractivity contribution in [2.45, 2.75) is 6.04 Å². The Kier molecular flexibility index (Phi) is 5.95. The van der Waals surface area contributed by atoms with Gasteiger partial charge in [0.05, 0.1) is 0 Å². The van der Waals surface area contributed by atoms with Gasteiger partial charge in [-0.2, -0.15) is 12.6 Å². The minimum absolute atomic E-state index is 0.115. The molecule has 12 heavy (non-hydrogen) atoms. The van der Waals surface area contributed by atoms with Crippen LogP contribution in [0.4, 0.5) is 0 Å². The van der Waals surface area contributed by atoms with Gasteiger partial charge in [-0.15, -0.1) is 0 Å². The zero-order valence-corrected chi connectivity index (χ0v) is 7.28. The van der Waals surface area contributed by atoms with Crippen molar-refractivity contribution >= 4 is 18.6 Å². The summed E-state index contributed by atoms with van der Waals surface area (Å²) in [6, 6.07) is -0.849. The van der Waals surface area contributed by atoms with Crippen molar-refractivity contribution in [3.8, 4) is 0 Å². The molecule has 0 N–H and O–H groups in total. The SMILES string of the molecule is C=CCOC(=O)[C@H](CS)N=[N+]=[N-]. The Hall–Kier alpha value is -1.13. The molecule has 0 aliphatic heterocycles. The zero-order valence-electron chi connectivity index (χ0n) is 6.38. The number of hydrogen-bond acceptors (Lipinski definition) is 4. The van der Waals surface area contributed by atoms with Gasteiger partial charge in [0.25, 0.3) is 0 Å². The second-order valence-corrected chi connectivity index (χ2v) is 2.19. The molecule has 0 aromatic heterocycles. The zero-order chi connectivity index (χ0) is 9.40. The molecule has 0 rings (SSSR count). The van der Waals surface area contributed by atoms with E-state index in [9.17, 15) is 4.79 Å². The maximum absolute atomic E-state index is 10.9. The van der Waals surface area contributed by atoms with Gasteiger partial charge in [-0.1, -0.05) is 17.8 Å². The van der Waals surface area contributed by atoms with E-state index in [-0.39, 0.29) is 12.4 Å². The molecular weight excluding hydrogens is 178 g/mol. The third-order valence-electron chi connectivity index (χ3n) is 0.979. The molecule has 0 aliphatic rings. The van der Waals surface area contributed by atoms with Crippen molar-refractivity contribution in [2.75, 3.05) is 12.4 Å². The van der Waals surface area contributed by atoms with E-state index in [2.05, 4.69) is 34.0 Å². The summed E-state index contributed by atoms with van der Waals surface area (Å²) in [5.41, 5.74) is 8.04. The molecular formula is C6H9N3O2S. The van der Waals surface area contributed by atoms with Crippen molar-refractivity contribution in [1.29, 1.82) is 0 Å². The Morgan fingerprint density at radius 3 is 3.00 bits per heavy atom. The van der Waals surface area contributed by atoms with Crippen LogP contribution in [0.2, 0.25) is 0 Å². The molecule has 0 saturated carbocycles. The molecule has 66 valence electrons. The summed E-state index contributed by atoms with van der Waals surface area (Å²) in [4.78, 5) is 13.4. The average molecular weight is 187 g/mol. The fourth-order valence-electron chi connectivity index (χ4n) is 0.458. The molecule has 0 radical (unpaired) electrons. The highest BCUT2D eigenvalue weighted by atomic mass is 32.1. The van der Waals surface area contributed by atoms with Crippen molar-refractivity contribution in [2.24, 2.45) is 5.11 Å². The molecule has 6 heteroatoms. The molecule has 0 aromatic carbocycles. The molecule has 0 bridgehead atoms. The second-order valence-electron chi connectivity index (χ2n) is 1.82. The quantitative estimate of drug-likeness (QED) is 0.176. The summed E-state index contributed by atoms with van der Waals surface area (Å²) in [7, 11) is 0. The Bertz CT molecular complexity index is 213. The Balaban J connectivity index is 4.02. The summed E-state index contributed by atoms with van der Waals surface area (Å²) in [5.74, 6) is -0.442. The van der Waals surface area contributed by atoms with E-state index in [1.165, 1.54) is 6.08 Å². The molecule has 0 unspecified atom stereocenters. The summed E-state index contributed by atoms with van der Waals surface area (Å²) < 4.78 is 4.63. The standard InChI is InChI=1S/C6H9N3O2S/c1-2-3-11-6(10)5(4-12)8-9-7/h2,5,12H,1,3-4H2/t5-/m0/s1. The molecule has 0 aliphatic carbocycles. The number of thiol groups is 1. The van der Waals surface area contributed by atoms with E-state index in [1.807, 2.05) is 0 Å². The predicted octanol–water partition coefficient (Wildman–Crippen LogP) is 1.32. The van der Waals surface area contributed by atoms with Crippen LogP contribution in [0.15, 0.2) is 17.8 Å². The number of esters is 1. The van der Waals surface area contributed by atoms with Gasteiger partial charge in [0.1, 0.15) is 12.6 Å². The Morgan fingerprint density at radius 2 is 2.58 bits per heavy atom. The van der Waals surface area contributed by atoms with Crippen LogP contribution in [0.3, 0.4) is 0 Å². The van der Waals surface area contributed by atoms with Gasteiger partial charge < -0.3 is 4.74 Å². The normalized spacial score (nSPS) is 11.1. The summed E-state index contributed by atoms with van der Waals surface area (Å²) in [6.45, 7) is 3.48. The minimum Gasteiger partial charge on any atom is -0.461 e. The molecule has 0 saturated heterocycles. The van der Waals surface area contributed by atoms with Crippen molar-refractivity contribution in [3.05, 3.63) is 23.1 Å². The lowest BCUT2D eigenvalue weighted by Gasteiger charge is -2.05.